The maximum atomic E-state index is 3.77. The van der Waals surface area contributed by atoms with E-state index in [1.807, 2.05) is 0 Å². The number of nitrogens with one attached hydrogen (secondary N) is 2. The molecule has 2 aromatic carbocycles. The summed E-state index contributed by atoms with van der Waals surface area (Å²) >= 11 is 3.61. The molecule has 0 fully saturated rings. The summed E-state index contributed by atoms with van der Waals surface area (Å²) in [6.07, 6.45) is 4.93. The maximum Gasteiger partial charge on any atom is 0.0478 e. The van der Waals surface area contributed by atoms with Crippen molar-refractivity contribution in [2.45, 2.75) is 38.3 Å². The minimum Gasteiger partial charge on any atom is -0.357 e. The van der Waals surface area contributed by atoms with Crippen LogP contribution in [0, 0.1) is 0 Å². The molecular weight excluding hydrogens is 348 g/mol. The van der Waals surface area contributed by atoms with E-state index in [2.05, 4.69) is 74.8 Å². The van der Waals surface area contributed by atoms with Crippen molar-refractivity contribution in [3.8, 4) is 0 Å². The van der Waals surface area contributed by atoms with Gasteiger partial charge in [0, 0.05) is 33.7 Å². The van der Waals surface area contributed by atoms with E-state index in [9.17, 15) is 0 Å². The van der Waals surface area contributed by atoms with Crippen LogP contribution < -0.4 is 5.32 Å². The number of hydrogen-bond acceptors (Lipinski definition) is 1. The maximum absolute atomic E-state index is 3.77. The second-order valence-corrected chi connectivity index (χ2v) is 7.29. The van der Waals surface area contributed by atoms with Crippen LogP contribution in [-0.4, -0.2) is 4.98 Å². The van der Waals surface area contributed by atoms with Crippen LogP contribution in [0.5, 0.6) is 0 Å². The first-order valence-electron chi connectivity index (χ1n) is 8.38. The SMILES string of the molecule is Brc1ccc2[nH]c3c(c2c1)CCCCC3NCc1ccccc1. The third-order valence-corrected chi connectivity index (χ3v) is 5.31. The summed E-state index contributed by atoms with van der Waals surface area (Å²) in [5.41, 5.74) is 5.50. The molecule has 0 amide bonds. The van der Waals surface area contributed by atoms with Gasteiger partial charge in [-0.15, -0.1) is 0 Å². The molecule has 0 aliphatic heterocycles. The molecule has 23 heavy (non-hydrogen) atoms. The number of fused-ring (bicyclic) bond motifs is 3. The van der Waals surface area contributed by atoms with Crippen LogP contribution >= 0.6 is 15.9 Å². The van der Waals surface area contributed by atoms with Crippen molar-refractivity contribution in [3.05, 3.63) is 69.8 Å². The van der Waals surface area contributed by atoms with Gasteiger partial charge < -0.3 is 10.3 Å². The molecule has 0 saturated heterocycles. The summed E-state index contributed by atoms with van der Waals surface area (Å²) in [6, 6.07) is 17.6. The number of aromatic nitrogens is 1. The van der Waals surface area contributed by atoms with Crippen LogP contribution in [-0.2, 0) is 13.0 Å². The number of H-pyrrole nitrogens is 1. The lowest BCUT2D eigenvalue weighted by atomic mass is 10.0. The molecule has 3 aromatic rings. The molecule has 1 aliphatic rings. The highest BCUT2D eigenvalue weighted by Gasteiger charge is 2.22. The fraction of sp³-hybridized carbons (Fsp3) is 0.300. The van der Waals surface area contributed by atoms with E-state index in [1.54, 1.807) is 0 Å². The Labute approximate surface area is 145 Å². The molecule has 0 spiro atoms. The van der Waals surface area contributed by atoms with Gasteiger partial charge in [0.1, 0.15) is 0 Å². The molecule has 1 atom stereocenters. The first-order chi connectivity index (χ1) is 11.3. The summed E-state index contributed by atoms with van der Waals surface area (Å²) in [5, 5.41) is 5.14. The van der Waals surface area contributed by atoms with Crippen molar-refractivity contribution < 1.29 is 0 Å². The number of aryl methyl sites for hydroxylation is 1. The number of aromatic amines is 1. The van der Waals surface area contributed by atoms with E-state index >= 15 is 0 Å². The van der Waals surface area contributed by atoms with Gasteiger partial charge in [0.15, 0.2) is 0 Å². The summed E-state index contributed by atoms with van der Waals surface area (Å²) < 4.78 is 1.16. The Hall–Kier alpha value is -1.58. The van der Waals surface area contributed by atoms with Gasteiger partial charge in [-0.3, -0.25) is 0 Å². The molecule has 4 rings (SSSR count). The highest BCUT2D eigenvalue weighted by molar-refractivity contribution is 9.10. The Morgan fingerprint density at radius 2 is 1.96 bits per heavy atom. The summed E-state index contributed by atoms with van der Waals surface area (Å²) in [5.74, 6) is 0. The average molecular weight is 369 g/mol. The lowest BCUT2D eigenvalue weighted by Gasteiger charge is -2.17. The molecule has 2 N–H and O–H groups in total. The summed E-state index contributed by atoms with van der Waals surface area (Å²) in [7, 11) is 0. The molecule has 2 nitrogen and oxygen atoms in total. The fourth-order valence-corrected chi connectivity index (χ4v) is 4.00. The molecule has 0 saturated carbocycles. The number of hydrogen-bond donors (Lipinski definition) is 2. The van der Waals surface area contributed by atoms with Crippen LogP contribution in [0.1, 0.15) is 42.1 Å². The molecular formula is C20H21BrN2. The first kappa shape index (κ1) is 15.0. The quantitative estimate of drug-likeness (QED) is 0.587. The van der Waals surface area contributed by atoms with Gasteiger partial charge in [0.25, 0.3) is 0 Å². The number of rotatable bonds is 3. The standard InChI is InChI=1S/C20H21BrN2/c21-15-10-11-18-17(12-15)16-8-4-5-9-19(20(16)23-18)22-13-14-6-2-1-3-7-14/h1-3,6-7,10-12,19,22-23H,4-5,8-9,13H2. The van der Waals surface area contributed by atoms with Gasteiger partial charge in [-0.25, -0.2) is 0 Å². The van der Waals surface area contributed by atoms with E-state index < -0.39 is 0 Å². The monoisotopic (exact) mass is 368 g/mol. The van der Waals surface area contributed by atoms with Gasteiger partial charge in [0.2, 0.25) is 0 Å². The van der Waals surface area contributed by atoms with Gasteiger partial charge in [-0.05, 0) is 48.6 Å². The molecule has 0 bridgehead atoms. The third-order valence-electron chi connectivity index (χ3n) is 4.81. The lowest BCUT2D eigenvalue weighted by Crippen LogP contribution is -2.21. The third kappa shape index (κ3) is 3.08. The number of benzene rings is 2. The van der Waals surface area contributed by atoms with Crippen LogP contribution in [0.3, 0.4) is 0 Å². The Morgan fingerprint density at radius 1 is 1.09 bits per heavy atom. The van der Waals surface area contributed by atoms with Gasteiger partial charge >= 0.3 is 0 Å². The van der Waals surface area contributed by atoms with E-state index in [1.165, 1.54) is 53.4 Å². The smallest absolute Gasteiger partial charge is 0.0478 e. The normalized spacial score (nSPS) is 17.9. The zero-order chi connectivity index (χ0) is 15.6. The Bertz CT molecular complexity index is 807. The van der Waals surface area contributed by atoms with Crippen LogP contribution in [0.25, 0.3) is 10.9 Å². The fourth-order valence-electron chi connectivity index (χ4n) is 3.64. The lowest BCUT2D eigenvalue weighted by molar-refractivity contribution is 0.481. The van der Waals surface area contributed by atoms with Crippen molar-refractivity contribution in [2.75, 3.05) is 0 Å². The minimum atomic E-state index is 0.416. The predicted octanol–water partition coefficient (Wildman–Crippen LogP) is 5.49. The van der Waals surface area contributed by atoms with Crippen LogP contribution in [0.15, 0.2) is 53.0 Å². The summed E-state index contributed by atoms with van der Waals surface area (Å²) in [6.45, 7) is 0.921. The molecule has 1 heterocycles. The largest absolute Gasteiger partial charge is 0.357 e. The van der Waals surface area contributed by atoms with Gasteiger partial charge in [-0.1, -0.05) is 52.7 Å². The van der Waals surface area contributed by atoms with Crippen molar-refractivity contribution in [2.24, 2.45) is 0 Å². The highest BCUT2D eigenvalue weighted by atomic mass is 79.9. The van der Waals surface area contributed by atoms with Crippen molar-refractivity contribution in [3.63, 3.8) is 0 Å². The van der Waals surface area contributed by atoms with E-state index in [0.29, 0.717) is 6.04 Å². The molecule has 1 unspecified atom stereocenters. The predicted molar refractivity (Wildman–Crippen MR) is 99.6 cm³/mol. The van der Waals surface area contributed by atoms with Crippen LogP contribution in [0.2, 0.25) is 0 Å². The Balaban J connectivity index is 1.65. The molecule has 3 heteroatoms. The molecule has 118 valence electrons. The molecule has 1 aliphatic carbocycles. The second-order valence-electron chi connectivity index (χ2n) is 6.37. The zero-order valence-electron chi connectivity index (χ0n) is 13.1. The van der Waals surface area contributed by atoms with E-state index in [0.717, 1.165) is 11.0 Å². The molecule has 1 aromatic heterocycles. The zero-order valence-corrected chi connectivity index (χ0v) is 14.7. The Morgan fingerprint density at radius 3 is 2.83 bits per heavy atom. The van der Waals surface area contributed by atoms with Crippen molar-refractivity contribution in [1.82, 2.24) is 10.3 Å². The van der Waals surface area contributed by atoms with Crippen molar-refractivity contribution in [1.29, 1.82) is 0 Å². The number of halogens is 1. The topological polar surface area (TPSA) is 27.8 Å². The first-order valence-corrected chi connectivity index (χ1v) is 9.18. The highest BCUT2D eigenvalue weighted by Crippen LogP contribution is 2.35. The van der Waals surface area contributed by atoms with E-state index in [4.69, 9.17) is 0 Å². The second kappa shape index (κ2) is 6.50. The van der Waals surface area contributed by atoms with Gasteiger partial charge in [0.05, 0.1) is 0 Å². The summed E-state index contributed by atoms with van der Waals surface area (Å²) in [4.78, 5) is 3.69. The van der Waals surface area contributed by atoms with Gasteiger partial charge in [-0.2, -0.15) is 0 Å². The minimum absolute atomic E-state index is 0.416. The van der Waals surface area contributed by atoms with E-state index in [-0.39, 0.29) is 0 Å². The average Bonchev–Trinajstić information content (AvgIpc) is 2.80. The van der Waals surface area contributed by atoms with Crippen molar-refractivity contribution >= 4 is 26.8 Å². The Kier molecular flexibility index (Phi) is 4.23. The molecule has 0 radical (unpaired) electrons. The van der Waals surface area contributed by atoms with Crippen LogP contribution in [0.4, 0.5) is 0 Å².